The molecule has 3 rings (SSSR count). The van der Waals surface area contributed by atoms with Crippen molar-refractivity contribution in [2.24, 2.45) is 0 Å². The first-order chi connectivity index (χ1) is 14.2. The van der Waals surface area contributed by atoms with E-state index in [2.05, 4.69) is 5.32 Å². The number of thiocarbonyl (C=S) groups is 1. The zero-order chi connectivity index (χ0) is 22.0. The molecule has 0 saturated carbocycles. The zero-order valence-electron chi connectivity index (χ0n) is 16.7. The first-order valence-electron chi connectivity index (χ1n) is 9.35. The number of hydrogen-bond donors (Lipinski definition) is 1. The Morgan fingerprint density at radius 2 is 1.93 bits per heavy atom. The third-order valence-corrected chi connectivity index (χ3v) is 5.74. The van der Waals surface area contributed by atoms with Gasteiger partial charge in [-0.3, -0.25) is 19.8 Å². The molecule has 1 N–H and O–H groups in total. The lowest BCUT2D eigenvalue weighted by Crippen LogP contribution is -2.54. The summed E-state index contributed by atoms with van der Waals surface area (Å²) in [6.45, 7) is 5.75. The summed E-state index contributed by atoms with van der Waals surface area (Å²) < 4.78 is 5.76. The van der Waals surface area contributed by atoms with Gasteiger partial charge in [0.15, 0.2) is 5.11 Å². The average molecular weight is 463 g/mol. The minimum absolute atomic E-state index is 0.00264. The molecule has 2 amide bonds. The predicted octanol–water partition coefficient (Wildman–Crippen LogP) is 5.31. The Bertz CT molecular complexity index is 1070. The van der Waals surface area contributed by atoms with E-state index in [1.54, 1.807) is 43.3 Å². The summed E-state index contributed by atoms with van der Waals surface area (Å²) in [4.78, 5) is 26.9. The highest BCUT2D eigenvalue weighted by Crippen LogP contribution is 2.31. The summed E-state index contributed by atoms with van der Waals surface area (Å²) >= 11 is 17.8. The Hall–Kier alpha value is -2.41. The van der Waals surface area contributed by atoms with Crippen LogP contribution in [0.3, 0.4) is 0 Å². The van der Waals surface area contributed by atoms with Gasteiger partial charge in [-0.15, -0.1) is 0 Å². The fraction of sp³-hybridized carbons (Fsp3) is 0.227. The first kappa shape index (κ1) is 22.3. The van der Waals surface area contributed by atoms with Crippen LogP contribution in [-0.4, -0.2) is 23.0 Å². The molecule has 1 heterocycles. The Morgan fingerprint density at radius 3 is 2.60 bits per heavy atom. The molecule has 0 unspecified atom stereocenters. The molecule has 5 nitrogen and oxygen atoms in total. The highest BCUT2D eigenvalue weighted by atomic mass is 35.5. The second-order valence-corrected chi connectivity index (χ2v) is 8.07. The van der Waals surface area contributed by atoms with Crippen LogP contribution in [0.4, 0.5) is 5.69 Å². The second-order valence-electron chi connectivity index (χ2n) is 6.87. The molecular formula is C22H20Cl2N2O3S. The summed E-state index contributed by atoms with van der Waals surface area (Å²) in [5.41, 5.74) is 1.72. The Balaban J connectivity index is 1.97. The van der Waals surface area contributed by atoms with Gasteiger partial charge in [0.05, 0.1) is 16.8 Å². The first-order valence-corrected chi connectivity index (χ1v) is 10.5. The number of rotatable bonds is 5. The molecule has 0 radical (unpaired) electrons. The predicted molar refractivity (Wildman–Crippen MR) is 124 cm³/mol. The van der Waals surface area contributed by atoms with E-state index in [-0.39, 0.29) is 16.8 Å². The third kappa shape index (κ3) is 4.51. The molecule has 1 aliphatic rings. The van der Waals surface area contributed by atoms with Crippen molar-refractivity contribution in [2.45, 2.75) is 33.3 Å². The molecule has 30 heavy (non-hydrogen) atoms. The topological polar surface area (TPSA) is 58.6 Å². The van der Waals surface area contributed by atoms with Crippen LogP contribution >= 0.6 is 35.4 Å². The molecule has 1 saturated heterocycles. The molecule has 0 bridgehead atoms. The molecule has 8 heteroatoms. The monoisotopic (exact) mass is 462 g/mol. The van der Waals surface area contributed by atoms with E-state index < -0.39 is 11.8 Å². The van der Waals surface area contributed by atoms with Crippen molar-refractivity contribution < 1.29 is 14.3 Å². The second kappa shape index (κ2) is 9.16. The number of carbonyl (C=O) groups excluding carboxylic acids is 2. The van der Waals surface area contributed by atoms with E-state index in [0.717, 1.165) is 6.42 Å². The van der Waals surface area contributed by atoms with Crippen molar-refractivity contribution in [3.05, 3.63) is 63.1 Å². The standard InChI is InChI=1S/C22H20Cl2N2O3S/c1-4-12(2)29-19-9-8-14(11-17(19)24)10-15-20(27)25-22(30)26(21(15)28)18-7-5-6-16(23)13(18)3/h5-12H,4H2,1-3H3,(H,25,27,30)/b15-10+/t12-/m0/s1. The van der Waals surface area contributed by atoms with Crippen LogP contribution in [0, 0.1) is 6.92 Å². The lowest BCUT2D eigenvalue weighted by Gasteiger charge is -2.30. The number of benzene rings is 2. The maximum absolute atomic E-state index is 13.2. The van der Waals surface area contributed by atoms with E-state index in [1.807, 2.05) is 13.8 Å². The van der Waals surface area contributed by atoms with E-state index in [1.165, 1.54) is 11.0 Å². The molecule has 1 fully saturated rings. The van der Waals surface area contributed by atoms with Crippen LogP contribution in [0.15, 0.2) is 42.0 Å². The highest BCUT2D eigenvalue weighted by molar-refractivity contribution is 7.80. The number of ether oxygens (including phenoxy) is 1. The molecule has 1 atom stereocenters. The lowest BCUT2D eigenvalue weighted by molar-refractivity contribution is -0.122. The Kier molecular flexibility index (Phi) is 6.81. The Labute approximate surface area is 190 Å². The summed E-state index contributed by atoms with van der Waals surface area (Å²) in [7, 11) is 0. The molecule has 0 aromatic heterocycles. The summed E-state index contributed by atoms with van der Waals surface area (Å²) in [5, 5.41) is 3.46. The zero-order valence-corrected chi connectivity index (χ0v) is 19.0. The van der Waals surface area contributed by atoms with Crippen molar-refractivity contribution >= 4 is 64.1 Å². The van der Waals surface area contributed by atoms with Crippen LogP contribution < -0.4 is 15.0 Å². The summed E-state index contributed by atoms with van der Waals surface area (Å²) in [6.07, 6.45) is 2.34. The molecular weight excluding hydrogens is 443 g/mol. The van der Waals surface area contributed by atoms with Crippen molar-refractivity contribution in [3.63, 3.8) is 0 Å². The number of nitrogens with zero attached hydrogens (tertiary/aromatic N) is 1. The van der Waals surface area contributed by atoms with Gasteiger partial charge < -0.3 is 4.74 Å². The van der Waals surface area contributed by atoms with Crippen LogP contribution in [0.2, 0.25) is 10.0 Å². The van der Waals surface area contributed by atoms with Crippen molar-refractivity contribution in [2.75, 3.05) is 4.90 Å². The van der Waals surface area contributed by atoms with Crippen molar-refractivity contribution in [1.82, 2.24) is 5.32 Å². The highest BCUT2D eigenvalue weighted by Gasteiger charge is 2.35. The maximum atomic E-state index is 13.2. The number of anilines is 1. The van der Waals surface area contributed by atoms with E-state index in [9.17, 15) is 9.59 Å². The van der Waals surface area contributed by atoms with Gasteiger partial charge in [-0.2, -0.15) is 0 Å². The molecule has 0 spiro atoms. The average Bonchev–Trinajstić information content (AvgIpc) is 2.70. The number of carbonyl (C=O) groups is 2. The lowest BCUT2D eigenvalue weighted by atomic mass is 10.1. The summed E-state index contributed by atoms with van der Waals surface area (Å²) in [5.74, 6) is -0.563. The third-order valence-electron chi connectivity index (χ3n) is 4.75. The van der Waals surface area contributed by atoms with Crippen molar-refractivity contribution in [3.8, 4) is 5.75 Å². The minimum atomic E-state index is -0.572. The molecule has 2 aromatic carbocycles. The Morgan fingerprint density at radius 1 is 1.20 bits per heavy atom. The van der Waals surface area contributed by atoms with Gasteiger partial charge in [0.1, 0.15) is 11.3 Å². The van der Waals surface area contributed by atoms with Crippen molar-refractivity contribution in [1.29, 1.82) is 0 Å². The minimum Gasteiger partial charge on any atom is -0.489 e. The van der Waals surface area contributed by atoms with Gasteiger partial charge in [-0.25, -0.2) is 0 Å². The normalized spacial score (nSPS) is 16.6. The number of hydrogen-bond acceptors (Lipinski definition) is 4. The number of amides is 2. The maximum Gasteiger partial charge on any atom is 0.270 e. The SMILES string of the molecule is CC[C@H](C)Oc1ccc(/C=C2\C(=O)NC(=S)N(c3cccc(Cl)c3C)C2=O)cc1Cl. The van der Waals surface area contributed by atoms with Gasteiger partial charge in [-0.05, 0) is 74.0 Å². The van der Waals surface area contributed by atoms with E-state index >= 15 is 0 Å². The molecule has 156 valence electrons. The van der Waals surface area contributed by atoms with Crippen LogP contribution in [-0.2, 0) is 9.59 Å². The molecule has 0 aliphatic carbocycles. The molecule has 1 aliphatic heterocycles. The van der Waals surface area contributed by atoms with Gasteiger partial charge in [-0.1, -0.05) is 42.3 Å². The largest absolute Gasteiger partial charge is 0.489 e. The van der Waals surface area contributed by atoms with Gasteiger partial charge >= 0.3 is 0 Å². The smallest absolute Gasteiger partial charge is 0.270 e. The fourth-order valence-electron chi connectivity index (χ4n) is 2.88. The molecule has 2 aromatic rings. The van der Waals surface area contributed by atoms with Crippen LogP contribution in [0.25, 0.3) is 6.08 Å². The van der Waals surface area contributed by atoms with E-state index in [0.29, 0.717) is 32.6 Å². The summed E-state index contributed by atoms with van der Waals surface area (Å²) in [6, 6.07) is 10.3. The number of nitrogens with one attached hydrogen (secondary N) is 1. The van der Waals surface area contributed by atoms with Crippen LogP contribution in [0.1, 0.15) is 31.4 Å². The number of halogens is 2. The fourth-order valence-corrected chi connectivity index (χ4v) is 3.56. The van der Waals surface area contributed by atoms with Gasteiger partial charge in [0.2, 0.25) is 0 Å². The van der Waals surface area contributed by atoms with E-state index in [4.69, 9.17) is 40.2 Å². The van der Waals surface area contributed by atoms with Gasteiger partial charge in [0, 0.05) is 5.02 Å². The van der Waals surface area contributed by atoms with Gasteiger partial charge in [0.25, 0.3) is 11.8 Å². The quantitative estimate of drug-likeness (QED) is 0.371. The van der Waals surface area contributed by atoms with Crippen LogP contribution in [0.5, 0.6) is 5.75 Å².